The van der Waals surface area contributed by atoms with E-state index in [1.807, 2.05) is 0 Å². The molecule has 7 nitrogen and oxygen atoms in total. The molecule has 1 aromatic carbocycles. The van der Waals surface area contributed by atoms with Crippen molar-refractivity contribution in [3.63, 3.8) is 0 Å². The molecule has 0 aliphatic heterocycles. The van der Waals surface area contributed by atoms with Gasteiger partial charge in [-0.25, -0.2) is 9.97 Å². The highest BCUT2D eigenvalue weighted by atomic mass is 35.5. The van der Waals surface area contributed by atoms with Crippen molar-refractivity contribution in [2.45, 2.75) is 38.0 Å². The van der Waals surface area contributed by atoms with Gasteiger partial charge in [-0.15, -0.1) is 22.7 Å². The van der Waals surface area contributed by atoms with E-state index in [1.165, 1.54) is 24.7 Å². The first kappa shape index (κ1) is 25.8. The van der Waals surface area contributed by atoms with Crippen molar-refractivity contribution in [1.29, 1.82) is 0 Å². The SMILES string of the molecule is C[C@H](NC(=O)c1cnc(-c2cccc(Cl)c2)s1)C(=O)N[C@@H](CCC(F)(F)F)C(=O)c1nccs1. The van der Waals surface area contributed by atoms with Gasteiger partial charge in [0.25, 0.3) is 5.91 Å². The fourth-order valence-electron chi connectivity index (χ4n) is 2.84. The number of alkyl halides is 3. The maximum absolute atomic E-state index is 12.7. The number of amides is 2. The molecule has 2 aromatic heterocycles. The fourth-order valence-corrected chi connectivity index (χ4v) is 4.47. The number of aromatic nitrogens is 2. The first-order chi connectivity index (χ1) is 16.0. The molecule has 0 aliphatic carbocycles. The Labute approximate surface area is 205 Å². The Morgan fingerprint density at radius 3 is 2.59 bits per heavy atom. The fraction of sp³-hybridized carbons (Fsp3) is 0.286. The number of carbonyl (C=O) groups is 3. The number of hydrogen-bond donors (Lipinski definition) is 2. The highest BCUT2D eigenvalue weighted by molar-refractivity contribution is 7.16. The lowest BCUT2D eigenvalue weighted by Gasteiger charge is -2.20. The molecular formula is C21H18ClF3N4O3S2. The Kier molecular flexibility index (Phi) is 8.39. The van der Waals surface area contributed by atoms with Gasteiger partial charge < -0.3 is 10.6 Å². The van der Waals surface area contributed by atoms with Gasteiger partial charge in [0.2, 0.25) is 11.7 Å². The molecule has 3 rings (SSSR count). The van der Waals surface area contributed by atoms with Crippen LogP contribution in [-0.4, -0.2) is 45.8 Å². The number of rotatable bonds is 9. The summed E-state index contributed by atoms with van der Waals surface area (Å²) in [7, 11) is 0. The van der Waals surface area contributed by atoms with Gasteiger partial charge in [0, 0.05) is 28.6 Å². The summed E-state index contributed by atoms with van der Waals surface area (Å²) >= 11 is 8.02. The lowest BCUT2D eigenvalue weighted by molar-refractivity contribution is -0.137. The Bertz CT molecular complexity index is 1170. The highest BCUT2D eigenvalue weighted by Crippen LogP contribution is 2.27. The van der Waals surface area contributed by atoms with Gasteiger partial charge in [0.1, 0.15) is 15.9 Å². The Morgan fingerprint density at radius 1 is 1.18 bits per heavy atom. The van der Waals surface area contributed by atoms with Gasteiger partial charge in [-0.05, 0) is 25.5 Å². The van der Waals surface area contributed by atoms with Crippen molar-refractivity contribution < 1.29 is 27.6 Å². The average Bonchev–Trinajstić information content (AvgIpc) is 3.48. The number of benzene rings is 1. The molecule has 0 aliphatic rings. The van der Waals surface area contributed by atoms with E-state index in [1.54, 1.807) is 24.3 Å². The third-order valence-electron chi connectivity index (χ3n) is 4.53. The molecule has 0 fully saturated rings. The number of thiazole rings is 2. The smallest absolute Gasteiger partial charge is 0.344 e. The van der Waals surface area contributed by atoms with E-state index in [-0.39, 0.29) is 9.88 Å². The van der Waals surface area contributed by atoms with Crippen LogP contribution < -0.4 is 10.6 Å². The van der Waals surface area contributed by atoms with Crippen LogP contribution in [0.4, 0.5) is 13.2 Å². The second-order valence-electron chi connectivity index (χ2n) is 7.15. The molecule has 3 aromatic rings. The molecule has 2 N–H and O–H groups in total. The number of hydrogen-bond acceptors (Lipinski definition) is 7. The maximum Gasteiger partial charge on any atom is 0.389 e. The third-order valence-corrected chi connectivity index (χ3v) is 6.60. The van der Waals surface area contributed by atoms with Crippen LogP contribution in [0, 0.1) is 0 Å². The van der Waals surface area contributed by atoms with Crippen LogP contribution in [0.15, 0.2) is 42.0 Å². The van der Waals surface area contributed by atoms with Crippen molar-refractivity contribution in [3.05, 3.63) is 56.9 Å². The number of carbonyl (C=O) groups excluding carboxylic acids is 3. The lowest BCUT2D eigenvalue weighted by atomic mass is 10.1. The van der Waals surface area contributed by atoms with Crippen LogP contribution >= 0.6 is 34.3 Å². The molecule has 2 atom stereocenters. The summed E-state index contributed by atoms with van der Waals surface area (Å²) in [6.07, 6.45) is -3.72. The van der Waals surface area contributed by atoms with E-state index in [0.29, 0.717) is 10.0 Å². The van der Waals surface area contributed by atoms with Crippen LogP contribution in [0.2, 0.25) is 5.02 Å². The molecule has 2 amide bonds. The number of ketones is 1. The van der Waals surface area contributed by atoms with Gasteiger partial charge in [0.15, 0.2) is 5.01 Å². The van der Waals surface area contributed by atoms with E-state index in [9.17, 15) is 27.6 Å². The van der Waals surface area contributed by atoms with Gasteiger partial charge in [-0.3, -0.25) is 14.4 Å². The first-order valence-corrected chi connectivity index (χ1v) is 11.9. The number of nitrogens with one attached hydrogen (secondary N) is 2. The van der Waals surface area contributed by atoms with Crippen molar-refractivity contribution in [2.24, 2.45) is 0 Å². The first-order valence-electron chi connectivity index (χ1n) is 9.87. The Hall–Kier alpha value is -2.83. The second-order valence-corrected chi connectivity index (χ2v) is 9.51. The summed E-state index contributed by atoms with van der Waals surface area (Å²) in [5.41, 5.74) is 0.718. The van der Waals surface area contributed by atoms with Crippen molar-refractivity contribution >= 4 is 51.9 Å². The minimum atomic E-state index is -4.50. The van der Waals surface area contributed by atoms with Gasteiger partial charge in [-0.1, -0.05) is 23.7 Å². The van der Waals surface area contributed by atoms with Crippen LogP contribution in [-0.2, 0) is 4.79 Å². The van der Waals surface area contributed by atoms with Crippen molar-refractivity contribution in [2.75, 3.05) is 0 Å². The van der Waals surface area contributed by atoms with Gasteiger partial charge in [0.05, 0.1) is 12.2 Å². The standard InChI is InChI=1S/C21H18ClF3N4O3S2/c1-11(28-18(32)15-10-27-19(34-15)12-3-2-4-13(22)9-12)17(31)29-14(5-6-21(23,24)25)16(30)20-26-7-8-33-20/h2-4,7-11,14H,5-6H2,1H3,(H,28,32)(H,29,31)/t11-,14-/m0/s1. The summed E-state index contributed by atoms with van der Waals surface area (Å²) in [5.74, 6) is -2.11. The van der Waals surface area contributed by atoms with Crippen LogP contribution in [0.5, 0.6) is 0 Å². The zero-order chi connectivity index (χ0) is 24.9. The number of halogens is 4. The normalized spacial score (nSPS) is 13.2. The average molecular weight is 531 g/mol. The summed E-state index contributed by atoms with van der Waals surface area (Å²) in [6, 6.07) is 4.36. The number of nitrogens with zero attached hydrogens (tertiary/aromatic N) is 2. The molecule has 2 heterocycles. The summed E-state index contributed by atoms with van der Waals surface area (Å²) in [6.45, 7) is 1.36. The molecule has 0 bridgehead atoms. The summed E-state index contributed by atoms with van der Waals surface area (Å²) in [5, 5.41) is 7.33. The predicted molar refractivity (Wildman–Crippen MR) is 123 cm³/mol. The maximum atomic E-state index is 12.7. The second kappa shape index (κ2) is 11.1. The Morgan fingerprint density at radius 2 is 1.94 bits per heavy atom. The van der Waals surface area contributed by atoms with Crippen LogP contribution in [0.1, 0.15) is 39.2 Å². The molecular weight excluding hydrogens is 513 g/mol. The molecule has 0 unspecified atom stereocenters. The minimum absolute atomic E-state index is 0.0117. The largest absolute Gasteiger partial charge is 0.389 e. The zero-order valence-electron chi connectivity index (χ0n) is 17.6. The number of Topliss-reactive ketones (excluding diaryl/α,β-unsaturated/α-hetero) is 1. The zero-order valence-corrected chi connectivity index (χ0v) is 19.9. The molecule has 0 saturated carbocycles. The lowest BCUT2D eigenvalue weighted by Crippen LogP contribution is -2.50. The van der Waals surface area contributed by atoms with Gasteiger partial charge >= 0.3 is 6.18 Å². The topological polar surface area (TPSA) is 101 Å². The predicted octanol–water partition coefficient (Wildman–Crippen LogP) is 4.75. The van der Waals surface area contributed by atoms with E-state index in [2.05, 4.69) is 20.6 Å². The van der Waals surface area contributed by atoms with E-state index < -0.39 is 48.7 Å². The molecule has 13 heteroatoms. The quantitative estimate of drug-likeness (QED) is 0.389. The van der Waals surface area contributed by atoms with Crippen LogP contribution in [0.3, 0.4) is 0 Å². The van der Waals surface area contributed by atoms with Crippen LogP contribution in [0.25, 0.3) is 10.6 Å². The van der Waals surface area contributed by atoms with E-state index in [4.69, 9.17) is 11.6 Å². The summed E-state index contributed by atoms with van der Waals surface area (Å²) < 4.78 is 38.2. The molecule has 0 saturated heterocycles. The minimum Gasteiger partial charge on any atom is -0.344 e. The molecule has 34 heavy (non-hydrogen) atoms. The Balaban J connectivity index is 1.64. The monoisotopic (exact) mass is 530 g/mol. The highest BCUT2D eigenvalue weighted by Gasteiger charge is 2.33. The van der Waals surface area contributed by atoms with E-state index >= 15 is 0 Å². The molecule has 0 radical (unpaired) electrons. The molecule has 180 valence electrons. The van der Waals surface area contributed by atoms with Crippen molar-refractivity contribution in [3.8, 4) is 10.6 Å². The van der Waals surface area contributed by atoms with E-state index in [0.717, 1.165) is 28.2 Å². The third kappa shape index (κ3) is 7.08. The van der Waals surface area contributed by atoms with Gasteiger partial charge in [-0.2, -0.15) is 13.2 Å². The molecule has 0 spiro atoms. The summed E-state index contributed by atoms with van der Waals surface area (Å²) in [4.78, 5) is 45.9. The van der Waals surface area contributed by atoms with Crippen molar-refractivity contribution in [1.82, 2.24) is 20.6 Å².